The third-order valence-corrected chi connectivity index (χ3v) is 3.80. The number of benzene rings is 1. The summed E-state index contributed by atoms with van der Waals surface area (Å²) in [5.41, 5.74) is 2.16. The molecule has 2 aromatic rings. The fraction of sp³-hybridized carbons (Fsp3) is 0.333. The van der Waals surface area contributed by atoms with E-state index in [-0.39, 0.29) is 0 Å². The Morgan fingerprint density at radius 2 is 2.06 bits per heavy atom. The molecule has 0 amide bonds. The number of aryl methyl sites for hydroxylation is 2. The van der Waals surface area contributed by atoms with Crippen LogP contribution in [-0.4, -0.2) is 16.1 Å². The normalized spacial score (nSPS) is 10.8. The summed E-state index contributed by atoms with van der Waals surface area (Å²) in [6.07, 6.45) is 1.82. The van der Waals surface area contributed by atoms with Gasteiger partial charge in [0.05, 0.1) is 0 Å². The van der Waals surface area contributed by atoms with Gasteiger partial charge in [0.25, 0.3) is 0 Å². The highest BCUT2D eigenvalue weighted by Gasteiger charge is 2.07. The van der Waals surface area contributed by atoms with Crippen LogP contribution in [0, 0.1) is 6.92 Å². The molecule has 2 nitrogen and oxygen atoms in total. The predicted octanol–water partition coefficient (Wildman–Crippen LogP) is 4.34. The Labute approximate surface area is 115 Å². The van der Waals surface area contributed by atoms with Crippen LogP contribution in [0.15, 0.2) is 18.2 Å². The molecule has 0 aliphatic carbocycles. The molecular weight excluding hydrogens is 275 g/mol. The standard InChI is InChI=1S/C12H12Cl2N2S/c1-8-5-9(7-10(14)6-8)12-16-15-11(17-12)3-2-4-13/h5-7H,2-4H2,1H3. The van der Waals surface area contributed by atoms with E-state index < -0.39 is 0 Å². The number of alkyl halides is 1. The average molecular weight is 287 g/mol. The minimum absolute atomic E-state index is 0.658. The van der Waals surface area contributed by atoms with E-state index in [9.17, 15) is 0 Å². The molecule has 1 heterocycles. The third kappa shape index (κ3) is 3.41. The number of rotatable bonds is 4. The summed E-state index contributed by atoms with van der Waals surface area (Å²) in [5.74, 6) is 0.658. The van der Waals surface area contributed by atoms with Gasteiger partial charge in [-0.05, 0) is 37.1 Å². The second-order valence-corrected chi connectivity index (χ2v) is 5.69. The first-order valence-electron chi connectivity index (χ1n) is 5.35. The van der Waals surface area contributed by atoms with Crippen molar-refractivity contribution in [3.05, 3.63) is 33.8 Å². The van der Waals surface area contributed by atoms with Crippen LogP contribution >= 0.6 is 34.5 Å². The highest BCUT2D eigenvalue weighted by atomic mass is 35.5. The highest BCUT2D eigenvalue weighted by molar-refractivity contribution is 7.14. The van der Waals surface area contributed by atoms with E-state index in [2.05, 4.69) is 16.3 Å². The van der Waals surface area contributed by atoms with Gasteiger partial charge in [-0.1, -0.05) is 22.9 Å². The highest BCUT2D eigenvalue weighted by Crippen LogP contribution is 2.27. The lowest BCUT2D eigenvalue weighted by Gasteiger charge is -1.99. The first-order chi connectivity index (χ1) is 8.19. The van der Waals surface area contributed by atoms with Crippen LogP contribution in [0.25, 0.3) is 10.6 Å². The molecule has 0 spiro atoms. The van der Waals surface area contributed by atoms with Gasteiger partial charge in [0.1, 0.15) is 10.0 Å². The molecule has 0 saturated heterocycles. The van der Waals surface area contributed by atoms with E-state index in [4.69, 9.17) is 23.2 Å². The number of hydrogen-bond acceptors (Lipinski definition) is 3. The van der Waals surface area contributed by atoms with E-state index >= 15 is 0 Å². The quantitative estimate of drug-likeness (QED) is 0.782. The summed E-state index contributed by atoms with van der Waals surface area (Å²) in [4.78, 5) is 0. The summed E-state index contributed by atoms with van der Waals surface area (Å²) < 4.78 is 0. The largest absolute Gasteiger partial charge is 0.147 e. The molecule has 0 atom stereocenters. The lowest BCUT2D eigenvalue weighted by Crippen LogP contribution is -1.84. The smallest absolute Gasteiger partial charge is 0.143 e. The summed E-state index contributed by atoms with van der Waals surface area (Å²) >= 11 is 13.3. The molecule has 90 valence electrons. The third-order valence-electron chi connectivity index (χ3n) is 2.28. The monoisotopic (exact) mass is 286 g/mol. The summed E-state index contributed by atoms with van der Waals surface area (Å²) in [6.45, 7) is 2.02. The Bertz CT molecular complexity index is 491. The maximum absolute atomic E-state index is 6.03. The topological polar surface area (TPSA) is 25.8 Å². The molecule has 0 aliphatic rings. The zero-order valence-corrected chi connectivity index (χ0v) is 11.7. The van der Waals surface area contributed by atoms with Gasteiger partial charge in [0, 0.05) is 22.9 Å². The molecule has 17 heavy (non-hydrogen) atoms. The minimum atomic E-state index is 0.658. The lowest BCUT2D eigenvalue weighted by atomic mass is 10.1. The van der Waals surface area contributed by atoms with Crippen molar-refractivity contribution >= 4 is 34.5 Å². The van der Waals surface area contributed by atoms with Gasteiger partial charge in [-0.3, -0.25) is 0 Å². The Kier molecular flexibility index (Phi) is 4.37. The Morgan fingerprint density at radius 1 is 1.24 bits per heavy atom. The number of nitrogens with zero attached hydrogens (tertiary/aromatic N) is 2. The van der Waals surface area contributed by atoms with Gasteiger partial charge in [0.2, 0.25) is 0 Å². The van der Waals surface area contributed by atoms with Crippen LogP contribution in [-0.2, 0) is 6.42 Å². The molecule has 5 heteroatoms. The van der Waals surface area contributed by atoms with Crippen molar-refractivity contribution in [3.63, 3.8) is 0 Å². The second kappa shape index (κ2) is 5.80. The molecule has 0 unspecified atom stereocenters. The van der Waals surface area contributed by atoms with Crippen molar-refractivity contribution in [2.75, 3.05) is 5.88 Å². The first-order valence-corrected chi connectivity index (χ1v) is 7.08. The van der Waals surface area contributed by atoms with Crippen LogP contribution in [0.4, 0.5) is 0 Å². The van der Waals surface area contributed by atoms with Crippen molar-refractivity contribution in [3.8, 4) is 10.6 Å². The summed E-state index contributed by atoms with van der Waals surface area (Å²) in [5, 5.41) is 11.0. The Morgan fingerprint density at radius 3 is 2.76 bits per heavy atom. The van der Waals surface area contributed by atoms with Crippen molar-refractivity contribution in [2.24, 2.45) is 0 Å². The first kappa shape index (κ1) is 12.8. The summed E-state index contributed by atoms with van der Waals surface area (Å²) in [7, 11) is 0. The lowest BCUT2D eigenvalue weighted by molar-refractivity contribution is 0.884. The fourth-order valence-corrected chi connectivity index (χ4v) is 2.84. The van der Waals surface area contributed by atoms with Gasteiger partial charge in [0.15, 0.2) is 0 Å². The Balaban J connectivity index is 2.24. The minimum Gasteiger partial charge on any atom is -0.143 e. The zero-order valence-electron chi connectivity index (χ0n) is 9.41. The van der Waals surface area contributed by atoms with Crippen molar-refractivity contribution in [1.29, 1.82) is 0 Å². The van der Waals surface area contributed by atoms with Crippen LogP contribution < -0.4 is 0 Å². The molecule has 0 aliphatic heterocycles. The summed E-state index contributed by atoms with van der Waals surface area (Å²) in [6, 6.07) is 5.92. The van der Waals surface area contributed by atoms with Gasteiger partial charge >= 0.3 is 0 Å². The van der Waals surface area contributed by atoms with Gasteiger partial charge < -0.3 is 0 Å². The van der Waals surface area contributed by atoms with Crippen LogP contribution in [0.2, 0.25) is 5.02 Å². The van der Waals surface area contributed by atoms with Crippen molar-refractivity contribution in [2.45, 2.75) is 19.8 Å². The maximum atomic E-state index is 6.03. The van der Waals surface area contributed by atoms with Gasteiger partial charge in [-0.25, -0.2) is 0 Å². The van der Waals surface area contributed by atoms with Crippen molar-refractivity contribution < 1.29 is 0 Å². The number of halogens is 2. The Hall–Kier alpha value is -0.640. The molecule has 1 aromatic heterocycles. The number of aromatic nitrogens is 2. The fourth-order valence-electron chi connectivity index (χ4n) is 1.55. The maximum Gasteiger partial charge on any atom is 0.147 e. The van der Waals surface area contributed by atoms with Crippen LogP contribution in [0.3, 0.4) is 0 Å². The number of hydrogen-bond donors (Lipinski definition) is 0. The van der Waals surface area contributed by atoms with E-state index in [1.165, 1.54) is 0 Å². The van der Waals surface area contributed by atoms with E-state index in [1.807, 2.05) is 19.1 Å². The molecule has 0 bridgehead atoms. The molecule has 2 rings (SSSR count). The van der Waals surface area contributed by atoms with E-state index in [0.29, 0.717) is 5.88 Å². The second-order valence-electron chi connectivity index (χ2n) is 3.81. The average Bonchev–Trinajstić information content (AvgIpc) is 2.73. The van der Waals surface area contributed by atoms with Crippen LogP contribution in [0.5, 0.6) is 0 Å². The van der Waals surface area contributed by atoms with Gasteiger partial charge in [-0.15, -0.1) is 21.8 Å². The van der Waals surface area contributed by atoms with E-state index in [0.717, 1.165) is 39.0 Å². The molecule has 0 N–H and O–H groups in total. The molecule has 1 aromatic carbocycles. The van der Waals surface area contributed by atoms with Gasteiger partial charge in [-0.2, -0.15) is 0 Å². The molecular formula is C12H12Cl2N2S. The molecule has 0 fully saturated rings. The van der Waals surface area contributed by atoms with E-state index in [1.54, 1.807) is 11.3 Å². The molecule has 0 saturated carbocycles. The molecule has 0 radical (unpaired) electrons. The van der Waals surface area contributed by atoms with Crippen LogP contribution in [0.1, 0.15) is 17.0 Å². The predicted molar refractivity (Wildman–Crippen MR) is 74.1 cm³/mol. The zero-order chi connectivity index (χ0) is 12.3. The van der Waals surface area contributed by atoms with Crippen molar-refractivity contribution in [1.82, 2.24) is 10.2 Å². The SMILES string of the molecule is Cc1cc(Cl)cc(-c2nnc(CCCCl)s2)c1.